The Labute approximate surface area is 136 Å². The molecule has 1 aliphatic heterocycles. The molecule has 0 bridgehead atoms. The second-order valence-corrected chi connectivity index (χ2v) is 5.81. The van der Waals surface area contributed by atoms with Crippen LogP contribution < -0.4 is 10.1 Å². The molecule has 0 aliphatic carbocycles. The van der Waals surface area contributed by atoms with Crippen LogP contribution in [0.2, 0.25) is 0 Å². The summed E-state index contributed by atoms with van der Waals surface area (Å²) in [4.78, 5) is 14.1. The molecule has 0 radical (unpaired) electrons. The van der Waals surface area contributed by atoms with Crippen LogP contribution in [0.4, 0.5) is 0 Å². The Morgan fingerprint density at radius 2 is 2.00 bits per heavy atom. The number of hydrogen-bond acceptors (Lipinski definition) is 4. The van der Waals surface area contributed by atoms with Crippen molar-refractivity contribution < 1.29 is 13.9 Å². The van der Waals surface area contributed by atoms with Gasteiger partial charge in [-0.2, -0.15) is 0 Å². The predicted molar refractivity (Wildman–Crippen MR) is 87.5 cm³/mol. The molecule has 0 spiro atoms. The van der Waals surface area contributed by atoms with Crippen molar-refractivity contribution in [3.8, 4) is 5.75 Å². The molecule has 1 aromatic carbocycles. The lowest BCUT2D eigenvalue weighted by molar-refractivity contribution is 0.0704. The highest BCUT2D eigenvalue weighted by Gasteiger charge is 2.23. The predicted octanol–water partition coefficient (Wildman–Crippen LogP) is 2.68. The molecule has 1 amide bonds. The zero-order valence-electron chi connectivity index (χ0n) is 13.3. The molecule has 23 heavy (non-hydrogen) atoms. The third-order valence-corrected chi connectivity index (χ3v) is 4.30. The number of nitrogens with zero attached hydrogens (tertiary/aromatic N) is 1. The van der Waals surface area contributed by atoms with Gasteiger partial charge in [0.2, 0.25) is 0 Å². The second-order valence-electron chi connectivity index (χ2n) is 5.81. The van der Waals surface area contributed by atoms with Gasteiger partial charge in [0.15, 0.2) is 0 Å². The maximum atomic E-state index is 12.2. The Bertz CT molecular complexity index is 614. The summed E-state index contributed by atoms with van der Waals surface area (Å²) in [6, 6.07) is 10.3. The Morgan fingerprint density at radius 1 is 1.26 bits per heavy atom. The van der Waals surface area contributed by atoms with E-state index in [1.165, 1.54) is 18.1 Å². The van der Waals surface area contributed by atoms with Gasteiger partial charge in [-0.05, 0) is 36.6 Å². The van der Waals surface area contributed by atoms with Gasteiger partial charge in [0.05, 0.1) is 18.9 Å². The van der Waals surface area contributed by atoms with Crippen molar-refractivity contribution in [2.45, 2.75) is 25.4 Å². The number of ether oxygens (including phenoxy) is 1. The Morgan fingerprint density at radius 3 is 2.61 bits per heavy atom. The molecule has 0 atom stereocenters. The van der Waals surface area contributed by atoms with E-state index in [0.717, 1.165) is 38.2 Å². The Kier molecular flexibility index (Phi) is 4.98. The zero-order chi connectivity index (χ0) is 16.1. The van der Waals surface area contributed by atoms with Gasteiger partial charge in [-0.25, -0.2) is 0 Å². The minimum absolute atomic E-state index is 0.0624. The van der Waals surface area contributed by atoms with Gasteiger partial charge < -0.3 is 19.4 Å². The summed E-state index contributed by atoms with van der Waals surface area (Å²) in [5.74, 6) is 0.937. The molecule has 1 aliphatic rings. The van der Waals surface area contributed by atoms with Crippen molar-refractivity contribution in [1.29, 1.82) is 0 Å². The van der Waals surface area contributed by atoms with Gasteiger partial charge in [-0.1, -0.05) is 12.1 Å². The standard InChI is InChI=1S/C18H22N2O3/c1-22-17-4-2-14(3-5-17)12-19-16-6-9-20(10-7-16)18(21)15-8-11-23-13-15/h2-5,8,11,13,16,19H,6-7,9-10,12H2,1H3. The van der Waals surface area contributed by atoms with Crippen molar-refractivity contribution in [3.63, 3.8) is 0 Å². The molecular formula is C18H22N2O3. The molecule has 1 aromatic heterocycles. The topological polar surface area (TPSA) is 54.7 Å². The molecule has 3 rings (SSSR count). The minimum Gasteiger partial charge on any atom is -0.497 e. The molecular weight excluding hydrogens is 292 g/mol. The third-order valence-electron chi connectivity index (χ3n) is 4.30. The Hall–Kier alpha value is -2.27. The number of likely N-dealkylation sites (tertiary alicyclic amines) is 1. The summed E-state index contributed by atoms with van der Waals surface area (Å²) >= 11 is 0. The number of nitrogens with one attached hydrogen (secondary N) is 1. The fourth-order valence-corrected chi connectivity index (χ4v) is 2.86. The number of methoxy groups -OCH3 is 1. The molecule has 0 unspecified atom stereocenters. The van der Waals surface area contributed by atoms with Gasteiger partial charge in [0.1, 0.15) is 12.0 Å². The van der Waals surface area contributed by atoms with Crippen LogP contribution in [0.25, 0.3) is 0 Å². The molecule has 122 valence electrons. The lowest BCUT2D eigenvalue weighted by Gasteiger charge is -2.32. The van der Waals surface area contributed by atoms with Crippen molar-refractivity contribution in [2.24, 2.45) is 0 Å². The number of hydrogen-bond donors (Lipinski definition) is 1. The summed E-state index contributed by atoms with van der Waals surface area (Å²) in [6.45, 7) is 2.40. The van der Waals surface area contributed by atoms with E-state index in [2.05, 4.69) is 17.4 Å². The number of benzene rings is 1. The molecule has 5 nitrogen and oxygen atoms in total. The maximum Gasteiger partial charge on any atom is 0.257 e. The number of piperidine rings is 1. The minimum atomic E-state index is 0.0624. The fraction of sp³-hybridized carbons (Fsp3) is 0.389. The molecule has 1 saturated heterocycles. The van der Waals surface area contributed by atoms with Crippen LogP contribution in [0.3, 0.4) is 0 Å². The molecule has 0 saturated carbocycles. The number of rotatable bonds is 5. The normalized spacial score (nSPS) is 15.6. The SMILES string of the molecule is COc1ccc(CNC2CCN(C(=O)c3ccoc3)CC2)cc1. The molecule has 1 N–H and O–H groups in total. The van der Waals surface area contributed by atoms with Crippen LogP contribution in [0.1, 0.15) is 28.8 Å². The highest BCUT2D eigenvalue weighted by atomic mass is 16.5. The average Bonchev–Trinajstić information content (AvgIpc) is 3.15. The first kappa shape index (κ1) is 15.6. The molecule has 5 heteroatoms. The van der Waals surface area contributed by atoms with E-state index in [1.54, 1.807) is 13.2 Å². The average molecular weight is 314 g/mol. The van der Waals surface area contributed by atoms with E-state index < -0.39 is 0 Å². The summed E-state index contributed by atoms with van der Waals surface area (Å²) in [5, 5.41) is 3.57. The summed E-state index contributed by atoms with van der Waals surface area (Å²) in [7, 11) is 1.67. The smallest absolute Gasteiger partial charge is 0.257 e. The van der Waals surface area contributed by atoms with E-state index in [1.807, 2.05) is 17.0 Å². The first-order chi connectivity index (χ1) is 11.3. The first-order valence-electron chi connectivity index (χ1n) is 7.94. The summed E-state index contributed by atoms with van der Waals surface area (Å²) in [5.41, 5.74) is 1.87. The largest absolute Gasteiger partial charge is 0.497 e. The van der Waals surface area contributed by atoms with Gasteiger partial charge in [-0.3, -0.25) is 4.79 Å². The lowest BCUT2D eigenvalue weighted by atomic mass is 10.0. The molecule has 2 heterocycles. The molecule has 2 aromatic rings. The lowest BCUT2D eigenvalue weighted by Crippen LogP contribution is -2.44. The molecule has 1 fully saturated rings. The van der Waals surface area contributed by atoms with Gasteiger partial charge in [-0.15, -0.1) is 0 Å². The fourth-order valence-electron chi connectivity index (χ4n) is 2.86. The van der Waals surface area contributed by atoms with Crippen molar-refractivity contribution >= 4 is 5.91 Å². The van der Waals surface area contributed by atoms with Gasteiger partial charge in [0.25, 0.3) is 5.91 Å². The van der Waals surface area contributed by atoms with Crippen LogP contribution in [-0.4, -0.2) is 37.0 Å². The van der Waals surface area contributed by atoms with E-state index in [0.29, 0.717) is 11.6 Å². The van der Waals surface area contributed by atoms with E-state index in [-0.39, 0.29) is 5.91 Å². The van der Waals surface area contributed by atoms with Crippen LogP contribution in [0.15, 0.2) is 47.3 Å². The van der Waals surface area contributed by atoms with E-state index in [4.69, 9.17) is 9.15 Å². The van der Waals surface area contributed by atoms with E-state index >= 15 is 0 Å². The van der Waals surface area contributed by atoms with Crippen molar-refractivity contribution in [2.75, 3.05) is 20.2 Å². The van der Waals surface area contributed by atoms with Crippen molar-refractivity contribution in [3.05, 3.63) is 54.0 Å². The third kappa shape index (κ3) is 3.93. The summed E-state index contributed by atoms with van der Waals surface area (Å²) < 4.78 is 10.1. The first-order valence-corrected chi connectivity index (χ1v) is 7.94. The van der Waals surface area contributed by atoms with Gasteiger partial charge in [0, 0.05) is 25.7 Å². The maximum absolute atomic E-state index is 12.2. The second kappa shape index (κ2) is 7.33. The van der Waals surface area contributed by atoms with Crippen LogP contribution in [0.5, 0.6) is 5.75 Å². The van der Waals surface area contributed by atoms with Crippen LogP contribution in [-0.2, 0) is 6.54 Å². The monoisotopic (exact) mass is 314 g/mol. The van der Waals surface area contributed by atoms with Crippen molar-refractivity contribution in [1.82, 2.24) is 10.2 Å². The quantitative estimate of drug-likeness (QED) is 0.922. The number of amides is 1. The number of furan rings is 1. The van der Waals surface area contributed by atoms with Gasteiger partial charge >= 0.3 is 0 Å². The Balaban J connectivity index is 1.44. The summed E-state index contributed by atoms with van der Waals surface area (Å²) in [6.07, 6.45) is 4.99. The van der Waals surface area contributed by atoms with Crippen LogP contribution in [0, 0.1) is 0 Å². The number of carbonyl (C=O) groups excluding carboxylic acids is 1. The van der Waals surface area contributed by atoms with Crippen LogP contribution >= 0.6 is 0 Å². The number of carbonyl (C=O) groups is 1. The zero-order valence-corrected chi connectivity index (χ0v) is 13.3. The van der Waals surface area contributed by atoms with E-state index in [9.17, 15) is 4.79 Å². The highest BCUT2D eigenvalue weighted by Crippen LogP contribution is 2.16. The highest BCUT2D eigenvalue weighted by molar-refractivity contribution is 5.93.